The minimum Gasteiger partial charge on any atom is -0.336 e. The monoisotopic (exact) mass is 583 g/mol. The molecule has 216 valence electrons. The van der Waals surface area contributed by atoms with Crippen molar-refractivity contribution < 1.29 is 9.18 Å². The summed E-state index contributed by atoms with van der Waals surface area (Å²) in [6.45, 7) is 4.29. The van der Waals surface area contributed by atoms with E-state index in [1.54, 1.807) is 29.5 Å². The molecule has 1 N–H and O–H groups in total. The van der Waals surface area contributed by atoms with Gasteiger partial charge in [0, 0.05) is 49.0 Å². The molecule has 0 saturated heterocycles. The zero-order chi connectivity index (χ0) is 29.1. The average molecular weight is 584 g/mol. The van der Waals surface area contributed by atoms with Gasteiger partial charge in [-0.25, -0.2) is 9.37 Å². The predicted octanol–water partition coefficient (Wildman–Crippen LogP) is 5.98. The molecule has 4 heterocycles. The maximum atomic E-state index is 15.3. The maximum absolute atomic E-state index is 15.3. The van der Waals surface area contributed by atoms with Gasteiger partial charge < -0.3 is 14.8 Å². The van der Waals surface area contributed by atoms with E-state index in [0.29, 0.717) is 29.9 Å². The molecular weight excluding hydrogens is 549 g/mol. The third-order valence-corrected chi connectivity index (χ3v) is 10.2. The fourth-order valence-electron chi connectivity index (χ4n) is 6.81. The normalized spacial score (nSPS) is 16.4. The fourth-order valence-corrected chi connectivity index (χ4v) is 8.19. The smallest absolute Gasteiger partial charge is 0.293 e. The molecule has 0 bridgehead atoms. The molecule has 3 aliphatic rings. The quantitative estimate of drug-likeness (QED) is 0.313. The molecule has 0 unspecified atom stereocenters. The number of anilines is 3. The number of thiophene rings is 1. The van der Waals surface area contributed by atoms with Gasteiger partial charge in [-0.1, -0.05) is 13.0 Å². The summed E-state index contributed by atoms with van der Waals surface area (Å²) in [5.74, 6) is -0.300. The van der Waals surface area contributed by atoms with Gasteiger partial charge in [-0.3, -0.25) is 14.5 Å². The van der Waals surface area contributed by atoms with Crippen molar-refractivity contribution in [3.63, 3.8) is 0 Å². The summed E-state index contributed by atoms with van der Waals surface area (Å²) in [5, 5.41) is 3.22. The van der Waals surface area contributed by atoms with Crippen molar-refractivity contribution in [1.29, 1.82) is 0 Å². The zero-order valence-corrected chi connectivity index (χ0v) is 25.0. The molecule has 1 amide bonds. The van der Waals surface area contributed by atoms with E-state index < -0.39 is 5.82 Å². The highest BCUT2D eigenvalue weighted by Crippen LogP contribution is 2.41. The van der Waals surface area contributed by atoms with Crippen LogP contribution in [0.2, 0.25) is 0 Å². The summed E-state index contributed by atoms with van der Waals surface area (Å²) in [4.78, 5) is 37.9. The summed E-state index contributed by atoms with van der Waals surface area (Å²) in [7, 11) is 3.76. The van der Waals surface area contributed by atoms with Crippen LogP contribution in [-0.2, 0) is 45.8 Å². The number of carbonyl (C=O) groups excluding carboxylic acids is 1. The lowest BCUT2D eigenvalue weighted by Crippen LogP contribution is -2.37. The Morgan fingerprint density at radius 3 is 2.64 bits per heavy atom. The number of carbonyl (C=O) groups is 1. The van der Waals surface area contributed by atoms with Crippen LogP contribution in [0.1, 0.15) is 62.1 Å². The van der Waals surface area contributed by atoms with E-state index in [1.165, 1.54) is 56.7 Å². The Morgan fingerprint density at radius 1 is 1.00 bits per heavy atom. The molecule has 42 heavy (non-hydrogen) atoms. The van der Waals surface area contributed by atoms with E-state index in [9.17, 15) is 9.59 Å². The highest BCUT2D eigenvalue weighted by atomic mass is 32.1. The Bertz CT molecular complexity index is 1810. The van der Waals surface area contributed by atoms with E-state index in [4.69, 9.17) is 4.98 Å². The van der Waals surface area contributed by atoms with Gasteiger partial charge in [-0.2, -0.15) is 0 Å². The number of aromatic nitrogens is 2. The van der Waals surface area contributed by atoms with Gasteiger partial charge in [-0.15, -0.1) is 11.3 Å². The Morgan fingerprint density at radius 2 is 1.81 bits per heavy atom. The maximum Gasteiger partial charge on any atom is 0.293 e. The third-order valence-electron chi connectivity index (χ3n) is 8.84. The molecule has 2 aromatic heterocycles. The molecule has 0 atom stereocenters. The van der Waals surface area contributed by atoms with Crippen LogP contribution < -0.4 is 15.8 Å². The summed E-state index contributed by atoms with van der Waals surface area (Å²) in [6.07, 6.45) is 7.45. The van der Waals surface area contributed by atoms with Crippen LogP contribution in [0.25, 0.3) is 11.3 Å². The molecule has 9 heteroatoms. The fraction of sp³-hybridized carbons (Fsp3) is 0.364. The van der Waals surface area contributed by atoms with Crippen LogP contribution in [0.15, 0.2) is 41.3 Å². The molecule has 0 spiro atoms. The number of fused-ring (bicyclic) bond motifs is 4. The first-order valence-corrected chi connectivity index (χ1v) is 15.6. The number of halogens is 1. The number of amides is 1. The molecule has 7 rings (SSSR count). The Labute approximate surface area is 248 Å². The van der Waals surface area contributed by atoms with Crippen LogP contribution in [0.3, 0.4) is 0 Å². The average Bonchev–Trinajstić information content (AvgIpc) is 3.55. The molecule has 7 nitrogen and oxygen atoms in total. The van der Waals surface area contributed by atoms with Gasteiger partial charge >= 0.3 is 0 Å². The minimum atomic E-state index is -0.436. The first kappa shape index (κ1) is 27.0. The lowest BCUT2D eigenvalue weighted by atomic mass is 9.91. The number of hydrogen-bond acceptors (Lipinski definition) is 6. The molecule has 0 radical (unpaired) electrons. The van der Waals surface area contributed by atoms with E-state index >= 15 is 4.39 Å². The van der Waals surface area contributed by atoms with Gasteiger partial charge in [0.2, 0.25) is 0 Å². The largest absolute Gasteiger partial charge is 0.336 e. The van der Waals surface area contributed by atoms with Gasteiger partial charge in [0.05, 0.1) is 16.3 Å². The number of benzene rings is 2. The van der Waals surface area contributed by atoms with Gasteiger partial charge in [0.25, 0.3) is 11.5 Å². The predicted molar refractivity (Wildman–Crippen MR) is 165 cm³/mol. The highest BCUT2D eigenvalue weighted by Gasteiger charge is 2.33. The van der Waals surface area contributed by atoms with Gasteiger partial charge in [0.1, 0.15) is 5.82 Å². The van der Waals surface area contributed by atoms with E-state index in [2.05, 4.69) is 29.4 Å². The Kier molecular flexibility index (Phi) is 6.74. The van der Waals surface area contributed by atoms with Crippen molar-refractivity contribution in [3.05, 3.63) is 90.3 Å². The van der Waals surface area contributed by atoms with Crippen LogP contribution in [0.4, 0.5) is 21.6 Å². The summed E-state index contributed by atoms with van der Waals surface area (Å²) >= 11 is 1.63. The first-order chi connectivity index (χ1) is 20.3. The Balaban J connectivity index is 1.27. The third kappa shape index (κ3) is 4.55. The molecular formula is C33H34FN5O2S. The van der Waals surface area contributed by atoms with Crippen LogP contribution in [-0.4, -0.2) is 34.0 Å². The molecule has 4 aromatic rings. The first-order valence-electron chi connectivity index (χ1n) is 14.7. The summed E-state index contributed by atoms with van der Waals surface area (Å²) in [5.41, 5.74) is 8.10. The van der Waals surface area contributed by atoms with Crippen molar-refractivity contribution in [2.24, 2.45) is 7.05 Å². The van der Waals surface area contributed by atoms with Crippen LogP contribution >= 0.6 is 11.3 Å². The van der Waals surface area contributed by atoms with E-state index in [0.717, 1.165) is 48.5 Å². The zero-order valence-electron chi connectivity index (χ0n) is 24.2. The van der Waals surface area contributed by atoms with Crippen molar-refractivity contribution >= 4 is 34.4 Å². The van der Waals surface area contributed by atoms with E-state index in [1.807, 2.05) is 13.0 Å². The minimum absolute atomic E-state index is 0.0417. The van der Waals surface area contributed by atoms with Crippen LogP contribution in [0, 0.1) is 5.82 Å². The molecule has 0 fully saturated rings. The van der Waals surface area contributed by atoms with Crippen LogP contribution in [0.5, 0.6) is 0 Å². The number of nitrogens with one attached hydrogen (secondary N) is 1. The second kappa shape index (κ2) is 10.5. The second-order valence-corrected chi connectivity index (χ2v) is 12.8. The molecule has 2 aliphatic heterocycles. The van der Waals surface area contributed by atoms with Crippen molar-refractivity contribution in [2.75, 3.05) is 23.8 Å². The van der Waals surface area contributed by atoms with E-state index in [-0.39, 0.29) is 17.3 Å². The standard InChI is InChI=1S/C33H34FN5O2S/c1-4-23-26(27-18-38(3)33(41)31(36-27)35-22-10-9-19-16-37(2)17-20(19)13-22)14-21(34)15-28(23)39-12-11-25-24-7-5-6-8-29(24)42-30(25)32(39)40/h9-10,13-15,18H,4-8,11-12,16-17H2,1-3H3,(H,35,36). The topological polar surface area (TPSA) is 70.5 Å². The van der Waals surface area contributed by atoms with Crippen molar-refractivity contribution in [1.82, 2.24) is 14.5 Å². The molecule has 2 aromatic carbocycles. The van der Waals surface area contributed by atoms with Crippen molar-refractivity contribution in [2.45, 2.75) is 58.5 Å². The number of nitrogens with zero attached hydrogens (tertiary/aromatic N) is 4. The lowest BCUT2D eigenvalue weighted by molar-refractivity contribution is 0.0984. The molecule has 1 aliphatic carbocycles. The highest BCUT2D eigenvalue weighted by molar-refractivity contribution is 7.14. The van der Waals surface area contributed by atoms with Crippen molar-refractivity contribution in [3.8, 4) is 11.3 Å². The number of hydrogen-bond donors (Lipinski definition) is 1. The van der Waals surface area contributed by atoms with Gasteiger partial charge in [0.15, 0.2) is 5.82 Å². The van der Waals surface area contributed by atoms with Gasteiger partial charge in [-0.05, 0) is 97.7 Å². The SMILES string of the molecule is CCc1c(-c2cn(C)c(=O)c(Nc3ccc4c(c3)CN(C)C4)n2)cc(F)cc1N1CCc2c(sc3c2CCCC3)C1=O. The summed E-state index contributed by atoms with van der Waals surface area (Å²) < 4.78 is 16.8. The molecule has 0 saturated carbocycles. The number of aryl methyl sites for hydroxylation is 2. The number of rotatable bonds is 5. The lowest BCUT2D eigenvalue weighted by Gasteiger charge is -2.30. The summed E-state index contributed by atoms with van der Waals surface area (Å²) in [6, 6.07) is 9.04. The Hall–Kier alpha value is -3.82. The second-order valence-electron chi connectivity index (χ2n) is 11.7.